The lowest BCUT2D eigenvalue weighted by Crippen LogP contribution is -2.08. The highest BCUT2D eigenvalue weighted by atomic mass is 35.5. The number of rotatable bonds is 4. The summed E-state index contributed by atoms with van der Waals surface area (Å²) in [6.45, 7) is 0. The molecule has 4 nitrogen and oxygen atoms in total. The molecule has 4 aromatic rings. The molecule has 1 aromatic heterocycles. The van der Waals surface area contributed by atoms with Crippen molar-refractivity contribution in [2.75, 3.05) is 5.32 Å². The first-order chi connectivity index (χ1) is 14.7. The predicted octanol–water partition coefficient (Wildman–Crippen LogP) is 6.46. The Morgan fingerprint density at radius 1 is 1.00 bits per heavy atom. The van der Waals surface area contributed by atoms with Gasteiger partial charge in [0, 0.05) is 16.0 Å². The average Bonchev–Trinajstić information content (AvgIpc) is 3.17. The normalized spacial score (nSPS) is 15.6. The standard InChI is InChI=1S/C25H20ClN3O/c26-20-8-5-16(6-9-20)18-13-19(15-27-30)22-10-12-25(29-24(22)14-18)28-23-11-7-17-3-1-2-4-21(17)23/h1-6,8-10,12-15,23,30H,7,11H2,(H,28,29)/b27-15+/t23-/m1/s1. The monoisotopic (exact) mass is 413 g/mol. The van der Waals surface area contributed by atoms with E-state index in [0.717, 1.165) is 46.3 Å². The van der Waals surface area contributed by atoms with Gasteiger partial charge < -0.3 is 10.5 Å². The van der Waals surface area contributed by atoms with Crippen molar-refractivity contribution in [1.82, 2.24) is 4.98 Å². The Hall–Kier alpha value is -3.37. The van der Waals surface area contributed by atoms with E-state index in [1.54, 1.807) is 0 Å². The first kappa shape index (κ1) is 18.6. The van der Waals surface area contributed by atoms with Crippen molar-refractivity contribution in [3.63, 3.8) is 0 Å². The van der Waals surface area contributed by atoms with Gasteiger partial charge in [-0.3, -0.25) is 0 Å². The number of hydrogen-bond acceptors (Lipinski definition) is 4. The van der Waals surface area contributed by atoms with Gasteiger partial charge in [0.2, 0.25) is 0 Å². The van der Waals surface area contributed by atoms with E-state index >= 15 is 0 Å². The summed E-state index contributed by atoms with van der Waals surface area (Å²) in [7, 11) is 0. The number of hydrogen-bond donors (Lipinski definition) is 2. The lowest BCUT2D eigenvalue weighted by Gasteiger charge is -2.16. The van der Waals surface area contributed by atoms with Crippen LogP contribution in [0.2, 0.25) is 5.02 Å². The zero-order valence-electron chi connectivity index (χ0n) is 16.2. The van der Waals surface area contributed by atoms with Gasteiger partial charge in [-0.05, 0) is 71.5 Å². The quantitative estimate of drug-likeness (QED) is 0.229. The molecule has 3 aromatic carbocycles. The molecule has 0 radical (unpaired) electrons. The summed E-state index contributed by atoms with van der Waals surface area (Å²) in [6, 6.07) is 24.6. The van der Waals surface area contributed by atoms with Gasteiger partial charge in [0.1, 0.15) is 5.82 Å². The first-order valence-corrected chi connectivity index (χ1v) is 10.3. The van der Waals surface area contributed by atoms with Gasteiger partial charge in [-0.15, -0.1) is 0 Å². The van der Waals surface area contributed by atoms with Crippen molar-refractivity contribution < 1.29 is 5.21 Å². The molecule has 1 atom stereocenters. The van der Waals surface area contributed by atoms with E-state index in [1.165, 1.54) is 17.3 Å². The van der Waals surface area contributed by atoms with Crippen LogP contribution in [0.15, 0.2) is 78.0 Å². The molecule has 0 fully saturated rings. The molecule has 1 heterocycles. The minimum Gasteiger partial charge on any atom is -0.411 e. The van der Waals surface area contributed by atoms with Gasteiger partial charge in [0.05, 0.1) is 17.8 Å². The molecule has 1 aliphatic rings. The molecule has 2 N–H and O–H groups in total. The van der Waals surface area contributed by atoms with Crippen LogP contribution >= 0.6 is 11.6 Å². The summed E-state index contributed by atoms with van der Waals surface area (Å²) in [5, 5.41) is 17.6. The van der Waals surface area contributed by atoms with Crippen LogP contribution < -0.4 is 5.32 Å². The van der Waals surface area contributed by atoms with Crippen molar-refractivity contribution >= 4 is 34.5 Å². The maximum absolute atomic E-state index is 9.13. The highest BCUT2D eigenvalue weighted by Gasteiger charge is 2.22. The molecule has 5 rings (SSSR count). The molecule has 30 heavy (non-hydrogen) atoms. The van der Waals surface area contributed by atoms with E-state index in [4.69, 9.17) is 21.8 Å². The summed E-state index contributed by atoms with van der Waals surface area (Å²) in [6.07, 6.45) is 3.59. The minimum atomic E-state index is 0.268. The van der Waals surface area contributed by atoms with Gasteiger partial charge in [-0.1, -0.05) is 53.2 Å². The molecular weight excluding hydrogens is 394 g/mol. The van der Waals surface area contributed by atoms with Gasteiger partial charge in [0.15, 0.2) is 0 Å². The molecular formula is C25H20ClN3O. The first-order valence-electron chi connectivity index (χ1n) is 9.94. The Balaban J connectivity index is 1.55. The smallest absolute Gasteiger partial charge is 0.127 e. The van der Waals surface area contributed by atoms with E-state index in [9.17, 15) is 0 Å². The van der Waals surface area contributed by atoms with Crippen LogP contribution in [0.5, 0.6) is 0 Å². The summed E-state index contributed by atoms with van der Waals surface area (Å²) in [5.41, 5.74) is 6.42. The number of halogens is 1. The number of fused-ring (bicyclic) bond motifs is 2. The van der Waals surface area contributed by atoms with Crippen LogP contribution in [-0.4, -0.2) is 16.4 Å². The lowest BCUT2D eigenvalue weighted by molar-refractivity contribution is 0.322. The number of benzene rings is 3. The second-order valence-electron chi connectivity index (χ2n) is 7.51. The fraction of sp³-hybridized carbons (Fsp3) is 0.120. The molecule has 0 unspecified atom stereocenters. The molecule has 0 saturated carbocycles. The predicted molar refractivity (Wildman–Crippen MR) is 123 cm³/mol. The largest absolute Gasteiger partial charge is 0.411 e. The lowest BCUT2D eigenvalue weighted by atomic mass is 9.99. The third-order valence-corrected chi connectivity index (χ3v) is 5.92. The zero-order valence-corrected chi connectivity index (χ0v) is 17.0. The topological polar surface area (TPSA) is 57.5 Å². The molecule has 0 spiro atoms. The van der Waals surface area contributed by atoms with Crippen LogP contribution in [-0.2, 0) is 6.42 Å². The van der Waals surface area contributed by atoms with Crippen molar-refractivity contribution in [2.24, 2.45) is 5.16 Å². The Morgan fingerprint density at radius 2 is 1.83 bits per heavy atom. The Labute approximate surface area is 179 Å². The fourth-order valence-electron chi connectivity index (χ4n) is 4.21. The number of oxime groups is 1. The summed E-state index contributed by atoms with van der Waals surface area (Å²) in [5.74, 6) is 0.837. The molecule has 0 saturated heterocycles. The van der Waals surface area contributed by atoms with Crippen molar-refractivity contribution in [1.29, 1.82) is 0 Å². The molecule has 0 aliphatic heterocycles. The summed E-state index contributed by atoms with van der Waals surface area (Å²) >= 11 is 6.04. The summed E-state index contributed by atoms with van der Waals surface area (Å²) in [4.78, 5) is 4.88. The highest BCUT2D eigenvalue weighted by Crippen LogP contribution is 2.34. The van der Waals surface area contributed by atoms with E-state index < -0.39 is 0 Å². The third kappa shape index (κ3) is 3.51. The van der Waals surface area contributed by atoms with Gasteiger partial charge in [0.25, 0.3) is 0 Å². The molecule has 148 valence electrons. The minimum absolute atomic E-state index is 0.268. The van der Waals surface area contributed by atoms with E-state index in [1.807, 2.05) is 42.5 Å². The van der Waals surface area contributed by atoms with E-state index in [2.05, 4.69) is 40.8 Å². The maximum atomic E-state index is 9.13. The zero-order chi connectivity index (χ0) is 20.5. The fourth-order valence-corrected chi connectivity index (χ4v) is 4.33. The third-order valence-electron chi connectivity index (χ3n) is 5.67. The molecule has 0 bridgehead atoms. The van der Waals surface area contributed by atoms with Gasteiger partial charge in [-0.2, -0.15) is 0 Å². The van der Waals surface area contributed by atoms with Crippen molar-refractivity contribution in [3.05, 3.63) is 94.5 Å². The van der Waals surface area contributed by atoms with Crippen LogP contribution in [0.25, 0.3) is 22.0 Å². The van der Waals surface area contributed by atoms with Crippen LogP contribution in [0, 0.1) is 0 Å². The van der Waals surface area contributed by atoms with Crippen molar-refractivity contribution in [2.45, 2.75) is 18.9 Å². The second kappa shape index (κ2) is 7.81. The Morgan fingerprint density at radius 3 is 2.67 bits per heavy atom. The second-order valence-corrected chi connectivity index (χ2v) is 7.95. The number of nitrogens with one attached hydrogen (secondary N) is 1. The van der Waals surface area contributed by atoms with Crippen LogP contribution in [0.1, 0.15) is 29.2 Å². The van der Waals surface area contributed by atoms with Gasteiger partial charge >= 0.3 is 0 Å². The number of pyridine rings is 1. The Bertz CT molecular complexity index is 1250. The van der Waals surface area contributed by atoms with Crippen molar-refractivity contribution in [3.8, 4) is 11.1 Å². The van der Waals surface area contributed by atoms with Gasteiger partial charge in [-0.25, -0.2) is 4.98 Å². The summed E-state index contributed by atoms with van der Waals surface area (Å²) < 4.78 is 0. The maximum Gasteiger partial charge on any atom is 0.127 e. The van der Waals surface area contributed by atoms with Crippen LogP contribution in [0.3, 0.4) is 0 Å². The number of anilines is 1. The average molecular weight is 414 g/mol. The van der Waals surface area contributed by atoms with E-state index in [-0.39, 0.29) is 6.04 Å². The Kier molecular flexibility index (Phi) is 4.85. The molecule has 0 amide bonds. The number of nitrogens with zero attached hydrogens (tertiary/aromatic N) is 2. The SMILES string of the molecule is O/N=C/c1cc(-c2ccc(Cl)cc2)cc2nc(N[C@@H]3CCc4ccccc43)ccc12. The molecule has 1 aliphatic carbocycles. The van der Waals surface area contributed by atoms with E-state index in [0.29, 0.717) is 5.02 Å². The van der Waals surface area contributed by atoms with Crippen LogP contribution in [0.4, 0.5) is 5.82 Å². The number of aromatic nitrogens is 1. The molecule has 5 heteroatoms. The highest BCUT2D eigenvalue weighted by molar-refractivity contribution is 6.30. The number of aryl methyl sites for hydroxylation is 1.